The Hall–Kier alpha value is -2.67. The van der Waals surface area contributed by atoms with Crippen molar-refractivity contribution < 1.29 is 4.79 Å². The fraction of sp³-hybridized carbons (Fsp3) is 0.381. The Bertz CT molecular complexity index is 927. The number of likely N-dealkylation sites (tertiary alicyclic amines) is 1. The molecular formula is C21H23N5OS. The fourth-order valence-electron chi connectivity index (χ4n) is 4.81. The minimum atomic E-state index is 0.101. The maximum Gasteiger partial charge on any atom is 0.270 e. The largest absolute Gasteiger partial charge is 0.357 e. The van der Waals surface area contributed by atoms with Crippen molar-refractivity contribution in [2.75, 3.05) is 31.1 Å². The van der Waals surface area contributed by atoms with Crippen LogP contribution < -0.4 is 4.90 Å². The van der Waals surface area contributed by atoms with E-state index in [9.17, 15) is 4.79 Å². The molecule has 6 nitrogen and oxygen atoms in total. The van der Waals surface area contributed by atoms with E-state index in [1.165, 1.54) is 5.56 Å². The van der Waals surface area contributed by atoms with E-state index in [0.717, 1.165) is 44.2 Å². The summed E-state index contributed by atoms with van der Waals surface area (Å²) in [4.78, 5) is 20.4. The lowest BCUT2D eigenvalue weighted by molar-refractivity contribution is 0.0765. The molecule has 2 atom stereocenters. The molecule has 2 aliphatic heterocycles. The average molecular weight is 394 g/mol. The molecular weight excluding hydrogens is 370 g/mol. The molecule has 5 rings (SSSR count). The Morgan fingerprint density at radius 2 is 2.07 bits per heavy atom. The summed E-state index contributed by atoms with van der Waals surface area (Å²) in [5, 5.41) is 9.29. The molecule has 144 valence electrons. The smallest absolute Gasteiger partial charge is 0.270 e. The number of hydrogen-bond donors (Lipinski definition) is 1. The monoisotopic (exact) mass is 393 g/mol. The van der Waals surface area contributed by atoms with Crippen LogP contribution in [0.4, 0.5) is 5.13 Å². The number of rotatable bonds is 5. The van der Waals surface area contributed by atoms with E-state index < -0.39 is 0 Å². The van der Waals surface area contributed by atoms with Crippen molar-refractivity contribution in [3.05, 3.63) is 65.4 Å². The minimum Gasteiger partial charge on any atom is -0.357 e. The van der Waals surface area contributed by atoms with Gasteiger partial charge in [0, 0.05) is 43.7 Å². The number of carbonyl (C=O) groups is 1. The summed E-state index contributed by atoms with van der Waals surface area (Å²) in [5.74, 6) is 0.569. The molecule has 2 fully saturated rings. The number of fused-ring (bicyclic) bond motifs is 1. The molecule has 0 spiro atoms. The molecule has 1 N–H and O–H groups in total. The predicted octanol–water partition coefficient (Wildman–Crippen LogP) is 3.08. The highest BCUT2D eigenvalue weighted by Gasteiger charge is 2.53. The number of anilines is 1. The Morgan fingerprint density at radius 1 is 1.18 bits per heavy atom. The van der Waals surface area contributed by atoms with Crippen LogP contribution >= 0.6 is 11.3 Å². The van der Waals surface area contributed by atoms with Crippen molar-refractivity contribution in [2.24, 2.45) is 11.3 Å². The minimum absolute atomic E-state index is 0.101. The van der Waals surface area contributed by atoms with E-state index in [0.29, 0.717) is 11.6 Å². The fourth-order valence-corrected chi connectivity index (χ4v) is 5.38. The van der Waals surface area contributed by atoms with Crippen molar-refractivity contribution in [1.82, 2.24) is 20.1 Å². The van der Waals surface area contributed by atoms with Crippen LogP contribution in [-0.4, -0.2) is 52.2 Å². The molecule has 1 amide bonds. The second kappa shape index (κ2) is 7.05. The number of aryl methyl sites for hydroxylation is 1. The number of amides is 1. The molecule has 0 radical (unpaired) electrons. The maximum atomic E-state index is 12.9. The lowest BCUT2D eigenvalue weighted by Crippen LogP contribution is -2.37. The van der Waals surface area contributed by atoms with Gasteiger partial charge in [0.1, 0.15) is 11.2 Å². The van der Waals surface area contributed by atoms with Gasteiger partial charge < -0.3 is 14.8 Å². The molecule has 2 aliphatic rings. The maximum absolute atomic E-state index is 12.9. The first-order valence-electron chi connectivity index (χ1n) is 9.71. The molecule has 4 heterocycles. The number of hydrogen-bond acceptors (Lipinski definition) is 5. The second-order valence-electron chi connectivity index (χ2n) is 7.92. The van der Waals surface area contributed by atoms with Crippen LogP contribution in [0, 0.1) is 11.3 Å². The van der Waals surface area contributed by atoms with E-state index >= 15 is 0 Å². The van der Waals surface area contributed by atoms with Crippen LogP contribution in [0.15, 0.2) is 54.2 Å². The van der Waals surface area contributed by atoms with E-state index in [1.54, 1.807) is 16.8 Å². The topological polar surface area (TPSA) is 65.1 Å². The summed E-state index contributed by atoms with van der Waals surface area (Å²) >= 11 is 1.60. The van der Waals surface area contributed by atoms with Gasteiger partial charge in [0.15, 0.2) is 0 Å². The molecule has 28 heavy (non-hydrogen) atoms. The summed E-state index contributed by atoms with van der Waals surface area (Å²) < 4.78 is 0. The highest BCUT2D eigenvalue weighted by atomic mass is 32.1. The zero-order valence-corrected chi connectivity index (χ0v) is 16.4. The highest BCUT2D eigenvalue weighted by Crippen LogP contribution is 2.47. The SMILES string of the molecule is O=C(c1ccc[nH]1)N1C[C@@H]2CN(c3nncs3)C[C@]2(CCc2ccccc2)C1. The number of carbonyl (C=O) groups excluding carboxylic acids is 1. The normalized spacial score (nSPS) is 23.9. The first-order valence-corrected chi connectivity index (χ1v) is 10.6. The van der Waals surface area contributed by atoms with Gasteiger partial charge in [0.2, 0.25) is 5.13 Å². The molecule has 1 aromatic carbocycles. The number of nitrogens with one attached hydrogen (secondary N) is 1. The quantitative estimate of drug-likeness (QED) is 0.724. The number of H-pyrrole nitrogens is 1. The van der Waals surface area contributed by atoms with Gasteiger partial charge in [-0.2, -0.15) is 0 Å². The van der Waals surface area contributed by atoms with Gasteiger partial charge in [-0.25, -0.2) is 0 Å². The van der Waals surface area contributed by atoms with Crippen molar-refractivity contribution in [2.45, 2.75) is 12.8 Å². The zero-order chi connectivity index (χ0) is 19.0. The van der Waals surface area contributed by atoms with Crippen LogP contribution in [0.3, 0.4) is 0 Å². The molecule has 3 aromatic rings. The first-order chi connectivity index (χ1) is 13.7. The number of benzene rings is 1. The number of aromatic amines is 1. The standard InChI is InChI=1S/C21H23N5OS/c27-19(18-7-4-10-22-18)25-11-17-12-26(20-24-23-15-28-20)14-21(17,13-25)9-8-16-5-2-1-3-6-16/h1-7,10,15,17,22H,8-9,11-14H2/t17-,21+/m1/s1. The van der Waals surface area contributed by atoms with Crippen molar-refractivity contribution in [3.8, 4) is 0 Å². The summed E-state index contributed by atoms with van der Waals surface area (Å²) in [6.45, 7) is 3.49. The molecule has 7 heteroatoms. The van der Waals surface area contributed by atoms with E-state index in [1.807, 2.05) is 23.2 Å². The second-order valence-corrected chi connectivity index (χ2v) is 8.73. The lowest BCUT2D eigenvalue weighted by atomic mass is 9.76. The predicted molar refractivity (Wildman–Crippen MR) is 110 cm³/mol. The van der Waals surface area contributed by atoms with E-state index in [2.05, 4.69) is 50.4 Å². The van der Waals surface area contributed by atoms with Crippen LogP contribution in [0.25, 0.3) is 0 Å². The highest BCUT2D eigenvalue weighted by molar-refractivity contribution is 7.13. The third kappa shape index (κ3) is 3.09. The molecule has 0 unspecified atom stereocenters. The third-order valence-electron chi connectivity index (χ3n) is 6.25. The Morgan fingerprint density at radius 3 is 2.82 bits per heavy atom. The lowest BCUT2D eigenvalue weighted by Gasteiger charge is -2.29. The molecule has 0 saturated carbocycles. The Kier molecular flexibility index (Phi) is 4.39. The van der Waals surface area contributed by atoms with Gasteiger partial charge in [-0.05, 0) is 30.5 Å². The van der Waals surface area contributed by atoms with Crippen molar-refractivity contribution in [1.29, 1.82) is 0 Å². The summed E-state index contributed by atoms with van der Waals surface area (Å²) in [7, 11) is 0. The van der Waals surface area contributed by atoms with Crippen molar-refractivity contribution >= 4 is 22.4 Å². The van der Waals surface area contributed by atoms with Crippen LogP contribution in [-0.2, 0) is 6.42 Å². The molecule has 2 saturated heterocycles. The summed E-state index contributed by atoms with van der Waals surface area (Å²) in [6.07, 6.45) is 3.92. The van der Waals surface area contributed by atoms with Gasteiger partial charge in [0.25, 0.3) is 5.91 Å². The number of nitrogens with zero attached hydrogens (tertiary/aromatic N) is 4. The first kappa shape index (κ1) is 17.4. The zero-order valence-electron chi connectivity index (χ0n) is 15.6. The molecule has 0 aliphatic carbocycles. The van der Waals surface area contributed by atoms with Crippen LogP contribution in [0.2, 0.25) is 0 Å². The summed E-state index contributed by atoms with van der Waals surface area (Å²) in [6, 6.07) is 14.4. The Labute approximate surface area is 168 Å². The average Bonchev–Trinajstić information content (AvgIpc) is 3.50. The van der Waals surface area contributed by atoms with Crippen LogP contribution in [0.5, 0.6) is 0 Å². The van der Waals surface area contributed by atoms with E-state index in [-0.39, 0.29) is 11.3 Å². The van der Waals surface area contributed by atoms with Crippen molar-refractivity contribution in [3.63, 3.8) is 0 Å². The van der Waals surface area contributed by atoms with Crippen LogP contribution in [0.1, 0.15) is 22.5 Å². The van der Waals surface area contributed by atoms with Gasteiger partial charge in [-0.15, -0.1) is 10.2 Å². The van der Waals surface area contributed by atoms with Gasteiger partial charge in [-0.1, -0.05) is 41.7 Å². The van der Waals surface area contributed by atoms with Gasteiger partial charge >= 0.3 is 0 Å². The van der Waals surface area contributed by atoms with E-state index in [4.69, 9.17) is 0 Å². The Balaban J connectivity index is 1.38. The van der Waals surface area contributed by atoms with Gasteiger partial charge in [0.05, 0.1) is 0 Å². The number of aromatic nitrogens is 3. The molecule has 2 aromatic heterocycles. The van der Waals surface area contributed by atoms with Gasteiger partial charge in [-0.3, -0.25) is 4.79 Å². The molecule has 0 bridgehead atoms. The summed E-state index contributed by atoms with van der Waals surface area (Å²) in [5.41, 5.74) is 3.93. The third-order valence-corrected chi connectivity index (χ3v) is 7.00.